The van der Waals surface area contributed by atoms with Gasteiger partial charge in [-0.15, -0.1) is 0 Å². The minimum Gasteiger partial charge on any atom is -0.487 e. The van der Waals surface area contributed by atoms with Crippen LogP contribution in [0.25, 0.3) is 0 Å². The average Bonchev–Trinajstić information content (AvgIpc) is 2.68. The highest BCUT2D eigenvalue weighted by Crippen LogP contribution is 2.21. The molecule has 1 aliphatic heterocycles. The van der Waals surface area contributed by atoms with E-state index in [4.69, 9.17) is 9.47 Å². The molecule has 0 aromatic heterocycles. The maximum atomic E-state index is 11.4. The molecular formula is C14H21NO5S. The van der Waals surface area contributed by atoms with Crippen molar-refractivity contribution < 1.29 is 23.0 Å². The monoisotopic (exact) mass is 315 g/mol. The predicted octanol–water partition coefficient (Wildman–Crippen LogP) is -0.0407. The van der Waals surface area contributed by atoms with Crippen molar-refractivity contribution in [2.45, 2.75) is 18.8 Å². The summed E-state index contributed by atoms with van der Waals surface area (Å²) in [4.78, 5) is 0. The number of methoxy groups -OCH3 is 1. The number of nitrogens with one attached hydrogen (secondary N) is 1. The van der Waals surface area contributed by atoms with Crippen LogP contribution < -0.4 is 10.1 Å². The Morgan fingerprint density at radius 3 is 2.86 bits per heavy atom. The average molecular weight is 315 g/mol. The number of aliphatic hydroxyl groups excluding tert-OH is 1. The summed E-state index contributed by atoms with van der Waals surface area (Å²) in [5.74, 6) is 0.211. The number of hydrogen-bond donors (Lipinski definition) is 2. The first-order valence-corrected chi connectivity index (χ1v) is 8.66. The smallest absolute Gasteiger partial charge is 0.156 e. The first kappa shape index (κ1) is 16.2. The van der Waals surface area contributed by atoms with E-state index in [1.54, 1.807) is 13.2 Å². The van der Waals surface area contributed by atoms with E-state index >= 15 is 0 Å². The molecule has 1 aromatic rings. The van der Waals surface area contributed by atoms with Crippen LogP contribution in [0.3, 0.4) is 0 Å². The highest BCUT2D eigenvalue weighted by atomic mass is 32.2. The molecular weight excluding hydrogens is 294 g/mol. The highest BCUT2D eigenvalue weighted by Gasteiger charge is 2.38. The first-order valence-electron chi connectivity index (χ1n) is 6.84. The quantitative estimate of drug-likeness (QED) is 0.687. The van der Waals surface area contributed by atoms with Crippen molar-refractivity contribution in [2.75, 3.05) is 31.8 Å². The second-order valence-electron chi connectivity index (χ2n) is 5.12. The zero-order valence-electron chi connectivity index (χ0n) is 12.0. The fourth-order valence-electron chi connectivity index (χ4n) is 2.22. The van der Waals surface area contributed by atoms with Gasteiger partial charge in [-0.1, -0.05) is 12.1 Å². The molecule has 0 saturated carbocycles. The maximum absolute atomic E-state index is 11.4. The Hall–Kier alpha value is -1.15. The minimum atomic E-state index is -3.20. The molecule has 2 rings (SSSR count). The van der Waals surface area contributed by atoms with Gasteiger partial charge in [0.25, 0.3) is 0 Å². The van der Waals surface area contributed by atoms with Gasteiger partial charge in [0.05, 0.1) is 18.1 Å². The number of hydrogen-bond acceptors (Lipinski definition) is 6. The standard InChI is InChI=1S/C14H21NO5S/c1-19-6-5-15-8-11-3-2-4-12(7-11)20-14-10-21(17,18)9-13(14)16/h2-4,7,13-16H,5-6,8-10H2,1H3. The van der Waals surface area contributed by atoms with E-state index in [0.29, 0.717) is 18.9 Å². The van der Waals surface area contributed by atoms with Crippen LogP contribution in [0, 0.1) is 0 Å². The van der Waals surface area contributed by atoms with Gasteiger partial charge in [-0.05, 0) is 17.7 Å². The van der Waals surface area contributed by atoms with Crippen LogP contribution >= 0.6 is 0 Å². The van der Waals surface area contributed by atoms with Crippen LogP contribution in [0.5, 0.6) is 5.75 Å². The van der Waals surface area contributed by atoms with E-state index in [0.717, 1.165) is 12.1 Å². The van der Waals surface area contributed by atoms with Gasteiger partial charge >= 0.3 is 0 Å². The lowest BCUT2D eigenvalue weighted by molar-refractivity contribution is 0.0737. The van der Waals surface area contributed by atoms with Crippen molar-refractivity contribution in [2.24, 2.45) is 0 Å². The predicted molar refractivity (Wildman–Crippen MR) is 79.1 cm³/mol. The van der Waals surface area contributed by atoms with E-state index in [2.05, 4.69) is 5.32 Å². The van der Waals surface area contributed by atoms with E-state index in [1.807, 2.05) is 18.2 Å². The van der Waals surface area contributed by atoms with E-state index in [1.165, 1.54) is 0 Å². The van der Waals surface area contributed by atoms with Gasteiger partial charge in [-0.3, -0.25) is 0 Å². The fraction of sp³-hybridized carbons (Fsp3) is 0.571. The van der Waals surface area contributed by atoms with Crippen LogP contribution in [0.2, 0.25) is 0 Å². The summed E-state index contributed by atoms with van der Waals surface area (Å²) in [5.41, 5.74) is 1.03. The molecule has 118 valence electrons. The molecule has 1 aromatic carbocycles. The molecule has 1 aliphatic rings. The van der Waals surface area contributed by atoms with Crippen LogP contribution in [0.1, 0.15) is 5.56 Å². The lowest BCUT2D eigenvalue weighted by Crippen LogP contribution is -2.29. The largest absolute Gasteiger partial charge is 0.487 e. The molecule has 6 nitrogen and oxygen atoms in total. The third-order valence-corrected chi connectivity index (χ3v) is 4.96. The van der Waals surface area contributed by atoms with Crippen molar-refractivity contribution in [1.29, 1.82) is 0 Å². The van der Waals surface area contributed by atoms with Gasteiger partial charge < -0.3 is 19.9 Å². The highest BCUT2D eigenvalue weighted by molar-refractivity contribution is 7.91. The molecule has 21 heavy (non-hydrogen) atoms. The van der Waals surface area contributed by atoms with Crippen molar-refractivity contribution in [3.63, 3.8) is 0 Å². The van der Waals surface area contributed by atoms with Gasteiger partial charge in [-0.25, -0.2) is 8.42 Å². The van der Waals surface area contributed by atoms with Gasteiger partial charge in [0.1, 0.15) is 18.0 Å². The summed E-state index contributed by atoms with van der Waals surface area (Å²) >= 11 is 0. The van der Waals surface area contributed by atoms with Crippen LogP contribution in [0.15, 0.2) is 24.3 Å². The number of rotatable bonds is 7. The molecule has 7 heteroatoms. The molecule has 2 unspecified atom stereocenters. The Balaban J connectivity index is 1.92. The van der Waals surface area contributed by atoms with Gasteiger partial charge in [-0.2, -0.15) is 0 Å². The van der Waals surface area contributed by atoms with E-state index in [9.17, 15) is 13.5 Å². The van der Waals surface area contributed by atoms with Crippen molar-refractivity contribution >= 4 is 9.84 Å². The summed E-state index contributed by atoms with van der Waals surface area (Å²) in [6.45, 7) is 2.07. The van der Waals surface area contributed by atoms with Crippen LogP contribution in [-0.2, 0) is 21.1 Å². The van der Waals surface area contributed by atoms with Crippen LogP contribution in [0.4, 0.5) is 0 Å². The third-order valence-electron chi connectivity index (χ3n) is 3.27. The van der Waals surface area contributed by atoms with Crippen molar-refractivity contribution in [1.82, 2.24) is 5.32 Å². The number of sulfone groups is 1. The van der Waals surface area contributed by atoms with Gasteiger partial charge in [0.2, 0.25) is 0 Å². The van der Waals surface area contributed by atoms with Crippen molar-refractivity contribution in [3.8, 4) is 5.75 Å². The van der Waals surface area contributed by atoms with Gasteiger partial charge in [0.15, 0.2) is 9.84 Å². The zero-order chi connectivity index (χ0) is 15.3. The molecule has 0 bridgehead atoms. The Kier molecular flexibility index (Phi) is 5.58. The molecule has 0 spiro atoms. The lowest BCUT2D eigenvalue weighted by Gasteiger charge is -2.16. The molecule has 0 radical (unpaired) electrons. The first-order chi connectivity index (χ1) is 10.00. The molecule has 1 saturated heterocycles. The van der Waals surface area contributed by atoms with E-state index < -0.39 is 22.0 Å². The summed E-state index contributed by atoms with van der Waals surface area (Å²) in [6.07, 6.45) is -1.65. The van der Waals surface area contributed by atoms with Crippen LogP contribution in [-0.4, -0.2) is 57.5 Å². The van der Waals surface area contributed by atoms with E-state index in [-0.39, 0.29) is 11.5 Å². The Morgan fingerprint density at radius 1 is 1.38 bits per heavy atom. The molecule has 0 amide bonds. The Morgan fingerprint density at radius 2 is 2.19 bits per heavy atom. The second-order valence-corrected chi connectivity index (χ2v) is 7.27. The molecule has 0 aliphatic carbocycles. The Labute approximate surface area is 125 Å². The lowest BCUT2D eigenvalue weighted by atomic mass is 10.2. The topological polar surface area (TPSA) is 84.9 Å². The number of benzene rings is 1. The summed E-state index contributed by atoms with van der Waals surface area (Å²) < 4.78 is 33.5. The normalized spacial score (nSPS) is 24.1. The number of ether oxygens (including phenoxy) is 2. The molecule has 2 N–H and O–H groups in total. The van der Waals surface area contributed by atoms with Crippen molar-refractivity contribution in [3.05, 3.63) is 29.8 Å². The molecule has 2 atom stereocenters. The SMILES string of the molecule is COCCNCc1cccc(OC2CS(=O)(=O)CC2O)c1. The molecule has 1 fully saturated rings. The summed E-state index contributed by atoms with van der Waals surface area (Å²) in [6, 6.07) is 7.40. The zero-order valence-corrected chi connectivity index (χ0v) is 12.8. The van der Waals surface area contributed by atoms with Gasteiger partial charge in [0, 0.05) is 20.2 Å². The molecule has 1 heterocycles. The maximum Gasteiger partial charge on any atom is 0.156 e. The Bertz CT molecular complexity index is 560. The summed E-state index contributed by atoms with van der Waals surface area (Å²) in [7, 11) is -1.55. The number of aliphatic hydroxyl groups is 1. The minimum absolute atomic E-state index is 0.134. The third kappa shape index (κ3) is 4.96. The second kappa shape index (κ2) is 7.22. The fourth-order valence-corrected chi connectivity index (χ4v) is 3.88. The summed E-state index contributed by atoms with van der Waals surface area (Å²) in [5, 5.41) is 12.9.